The van der Waals surface area contributed by atoms with Gasteiger partial charge in [-0.1, -0.05) is 158 Å². The minimum atomic E-state index is 0.843. The number of para-hydroxylation sites is 5. The second-order valence-electron chi connectivity index (χ2n) is 17.4. The zero-order valence-electron chi connectivity index (χ0n) is 35.3. The van der Waals surface area contributed by atoms with Gasteiger partial charge in [0.05, 0.1) is 0 Å². The molecule has 0 unspecified atom stereocenters. The van der Waals surface area contributed by atoms with E-state index in [1.165, 1.54) is 0 Å². The molecule has 0 radical (unpaired) electrons. The zero-order valence-corrected chi connectivity index (χ0v) is 35.3. The summed E-state index contributed by atoms with van der Waals surface area (Å²) in [6.07, 6.45) is 0. The van der Waals surface area contributed by atoms with E-state index in [1.807, 2.05) is 36.4 Å². The van der Waals surface area contributed by atoms with Crippen LogP contribution in [-0.4, -0.2) is 0 Å². The second kappa shape index (κ2) is 13.3. The first kappa shape index (κ1) is 35.6. The molecule has 0 spiro atoms. The maximum Gasteiger partial charge on any atom is 0.143 e. The van der Waals surface area contributed by atoms with Crippen LogP contribution in [0, 0.1) is 0 Å². The largest absolute Gasteiger partial charge is 0.456 e. The summed E-state index contributed by atoms with van der Waals surface area (Å²) in [5.74, 6) is 0. The molecule has 0 bridgehead atoms. The Labute approximate surface area is 376 Å². The Bertz CT molecular complexity index is 4480. The zero-order chi connectivity index (χ0) is 43.0. The van der Waals surface area contributed by atoms with Crippen molar-refractivity contribution in [2.75, 3.05) is 0 Å². The van der Waals surface area contributed by atoms with Gasteiger partial charge in [0, 0.05) is 70.9 Å². The fraction of sp³-hybridized carbons (Fsp3) is 0. The van der Waals surface area contributed by atoms with E-state index in [-0.39, 0.29) is 0 Å². The van der Waals surface area contributed by atoms with Crippen LogP contribution in [0.25, 0.3) is 154 Å². The van der Waals surface area contributed by atoms with Crippen molar-refractivity contribution in [3.63, 3.8) is 0 Å². The molecule has 11 aromatic carbocycles. The molecule has 0 aliphatic carbocycles. The maximum atomic E-state index is 7.02. The van der Waals surface area contributed by atoms with Crippen LogP contribution in [-0.2, 0) is 0 Å². The topological polar surface area (TPSA) is 52.6 Å². The Morgan fingerprint density at radius 2 is 0.606 bits per heavy atom. The molecular formula is C62H34O4. The molecule has 0 atom stereocenters. The summed E-state index contributed by atoms with van der Waals surface area (Å²) in [6, 6.07) is 72.9. The monoisotopic (exact) mass is 842 g/mol. The highest BCUT2D eigenvalue weighted by atomic mass is 16.3. The van der Waals surface area contributed by atoms with Gasteiger partial charge in [0.15, 0.2) is 0 Å². The lowest BCUT2D eigenvalue weighted by molar-refractivity contribution is 0.668. The third kappa shape index (κ3) is 4.87. The smallest absolute Gasteiger partial charge is 0.143 e. The fourth-order valence-electron chi connectivity index (χ4n) is 11.1. The molecule has 15 aromatic rings. The van der Waals surface area contributed by atoms with E-state index in [2.05, 4.69) is 170 Å². The normalized spacial score (nSPS) is 12.2. The number of hydrogen-bond donors (Lipinski definition) is 0. The summed E-state index contributed by atoms with van der Waals surface area (Å²) < 4.78 is 27.0. The van der Waals surface area contributed by atoms with Crippen LogP contribution < -0.4 is 0 Å². The SMILES string of the molecule is c1ccc2c(c1)oc1cc(-c3ccc(-c4c5ccccc5c(-c5ccc(-c6cccc7c6oc6ccccc67)c6c5oc5ccccc56)c5ccccc45)c4oc5ccccc5c34)ccc12. The molecule has 0 N–H and O–H groups in total. The predicted molar refractivity (Wildman–Crippen MR) is 272 cm³/mol. The summed E-state index contributed by atoms with van der Waals surface area (Å²) in [4.78, 5) is 0. The molecule has 66 heavy (non-hydrogen) atoms. The van der Waals surface area contributed by atoms with Gasteiger partial charge in [-0.3, -0.25) is 0 Å². The summed E-state index contributed by atoms with van der Waals surface area (Å²) in [7, 11) is 0. The highest BCUT2D eigenvalue weighted by Gasteiger charge is 2.26. The van der Waals surface area contributed by atoms with Crippen LogP contribution in [0.3, 0.4) is 0 Å². The van der Waals surface area contributed by atoms with Crippen LogP contribution >= 0.6 is 0 Å². The molecule has 0 aliphatic heterocycles. The average molecular weight is 843 g/mol. The molecule has 15 rings (SSSR count). The molecule has 0 saturated heterocycles. The van der Waals surface area contributed by atoms with Crippen molar-refractivity contribution in [3.8, 4) is 44.5 Å². The van der Waals surface area contributed by atoms with Crippen LogP contribution in [0.15, 0.2) is 224 Å². The Hall–Kier alpha value is -8.86. The van der Waals surface area contributed by atoms with Crippen molar-refractivity contribution in [2.24, 2.45) is 0 Å². The van der Waals surface area contributed by atoms with E-state index < -0.39 is 0 Å². The van der Waals surface area contributed by atoms with Gasteiger partial charge in [-0.05, 0) is 86.8 Å². The van der Waals surface area contributed by atoms with E-state index >= 15 is 0 Å². The van der Waals surface area contributed by atoms with E-state index in [0.717, 1.165) is 154 Å². The van der Waals surface area contributed by atoms with Crippen LogP contribution in [0.5, 0.6) is 0 Å². The summed E-state index contributed by atoms with van der Waals surface area (Å²) in [5.41, 5.74) is 15.5. The molecule has 4 aromatic heterocycles. The van der Waals surface area contributed by atoms with E-state index in [1.54, 1.807) is 0 Å². The third-order valence-electron chi connectivity index (χ3n) is 13.9. The molecule has 4 nitrogen and oxygen atoms in total. The van der Waals surface area contributed by atoms with Crippen molar-refractivity contribution in [1.29, 1.82) is 0 Å². The first-order valence-corrected chi connectivity index (χ1v) is 22.4. The summed E-state index contributed by atoms with van der Waals surface area (Å²) in [5, 5.41) is 13.2. The lowest BCUT2D eigenvalue weighted by Gasteiger charge is -2.19. The molecule has 0 amide bonds. The van der Waals surface area contributed by atoms with E-state index in [4.69, 9.17) is 17.7 Å². The second-order valence-corrected chi connectivity index (χ2v) is 17.4. The molecule has 0 aliphatic rings. The van der Waals surface area contributed by atoms with Gasteiger partial charge in [-0.25, -0.2) is 0 Å². The minimum Gasteiger partial charge on any atom is -0.456 e. The standard InChI is InChI=1S/C62H34O4/c1-3-18-42-40(16-1)56(49-32-30-36(58-47-20-7-11-26-53(47)65-61(49)58)35-28-29-39-37-14-5-9-24-51(37)63-55(39)34-35)41-17-2-4-19-43(41)57(42)50-33-31-44(59-48-21-8-12-27-54(48)66-62(50)59)46-23-13-22-45-38-15-6-10-25-52(38)64-60(45)46/h1-34H. The molecule has 0 fully saturated rings. The first-order chi connectivity index (χ1) is 32.7. The predicted octanol–water partition coefficient (Wildman–Crippen LogP) is 18.3. The quantitative estimate of drug-likeness (QED) is 0.166. The molecule has 306 valence electrons. The minimum absolute atomic E-state index is 0.843. The molecule has 0 saturated carbocycles. The highest BCUT2D eigenvalue weighted by Crippen LogP contribution is 2.51. The van der Waals surface area contributed by atoms with E-state index in [0.29, 0.717) is 0 Å². The van der Waals surface area contributed by atoms with Gasteiger partial charge in [-0.15, -0.1) is 0 Å². The van der Waals surface area contributed by atoms with Crippen molar-refractivity contribution in [1.82, 2.24) is 0 Å². The molecule has 4 heterocycles. The van der Waals surface area contributed by atoms with Crippen LogP contribution in [0.2, 0.25) is 0 Å². The molecule has 4 heteroatoms. The highest BCUT2D eigenvalue weighted by molar-refractivity contribution is 6.28. The van der Waals surface area contributed by atoms with Gasteiger partial charge >= 0.3 is 0 Å². The van der Waals surface area contributed by atoms with Crippen LogP contribution in [0.1, 0.15) is 0 Å². The number of fused-ring (bicyclic) bond motifs is 14. The van der Waals surface area contributed by atoms with Crippen molar-refractivity contribution < 1.29 is 17.7 Å². The first-order valence-electron chi connectivity index (χ1n) is 22.4. The Balaban J connectivity index is 1.000. The Kier molecular flexibility index (Phi) is 7.19. The number of benzene rings is 11. The Morgan fingerprint density at radius 1 is 0.212 bits per heavy atom. The van der Waals surface area contributed by atoms with Gasteiger partial charge in [0.2, 0.25) is 0 Å². The Morgan fingerprint density at radius 3 is 1.18 bits per heavy atom. The summed E-state index contributed by atoms with van der Waals surface area (Å²) in [6.45, 7) is 0. The number of rotatable bonds is 4. The lowest BCUT2D eigenvalue weighted by atomic mass is 9.84. The fourth-order valence-corrected chi connectivity index (χ4v) is 11.1. The summed E-state index contributed by atoms with van der Waals surface area (Å²) >= 11 is 0. The van der Waals surface area contributed by atoms with Crippen molar-refractivity contribution in [2.45, 2.75) is 0 Å². The van der Waals surface area contributed by atoms with Crippen molar-refractivity contribution >= 4 is 109 Å². The average Bonchev–Trinajstić information content (AvgIpc) is 4.16. The van der Waals surface area contributed by atoms with E-state index in [9.17, 15) is 0 Å². The maximum absolute atomic E-state index is 7.02. The third-order valence-corrected chi connectivity index (χ3v) is 13.9. The van der Waals surface area contributed by atoms with Gasteiger partial charge in [-0.2, -0.15) is 0 Å². The number of hydrogen-bond acceptors (Lipinski definition) is 4. The molecular weight excluding hydrogens is 809 g/mol. The van der Waals surface area contributed by atoms with Crippen molar-refractivity contribution in [3.05, 3.63) is 206 Å². The van der Waals surface area contributed by atoms with Gasteiger partial charge in [0.25, 0.3) is 0 Å². The lowest BCUT2D eigenvalue weighted by Crippen LogP contribution is -1.92. The number of furan rings is 4. The van der Waals surface area contributed by atoms with Gasteiger partial charge < -0.3 is 17.7 Å². The van der Waals surface area contributed by atoms with Gasteiger partial charge in [0.1, 0.15) is 44.7 Å². The van der Waals surface area contributed by atoms with Crippen LogP contribution in [0.4, 0.5) is 0 Å².